The molecule has 0 aromatic heterocycles. The van der Waals surface area contributed by atoms with Crippen molar-refractivity contribution in [2.24, 2.45) is 0 Å². The number of piperazine rings is 1. The lowest BCUT2D eigenvalue weighted by molar-refractivity contribution is -0.146. The first kappa shape index (κ1) is 14.8. The smallest absolute Gasteiger partial charge is 0.311 e. The summed E-state index contributed by atoms with van der Waals surface area (Å²) < 4.78 is 0. The number of benzene rings is 1. The fourth-order valence-corrected chi connectivity index (χ4v) is 2.23. The summed E-state index contributed by atoms with van der Waals surface area (Å²) in [6.45, 7) is 4.44. The summed E-state index contributed by atoms with van der Waals surface area (Å²) in [7, 11) is 0. The van der Waals surface area contributed by atoms with E-state index in [2.05, 4.69) is 10.6 Å². The number of hydrogen-bond acceptors (Lipinski definition) is 3. The van der Waals surface area contributed by atoms with Crippen LogP contribution in [0.3, 0.4) is 0 Å². The molecule has 1 aliphatic heterocycles. The van der Waals surface area contributed by atoms with Crippen molar-refractivity contribution in [2.45, 2.75) is 13.0 Å². The van der Waals surface area contributed by atoms with Crippen LogP contribution >= 0.6 is 11.6 Å². The molecule has 1 aromatic rings. The second-order valence-electron chi connectivity index (χ2n) is 4.79. The lowest BCUT2D eigenvalue weighted by atomic mass is 10.1. The van der Waals surface area contributed by atoms with E-state index < -0.39 is 11.8 Å². The zero-order valence-corrected chi connectivity index (χ0v) is 12.1. The molecular formula is C14H18ClN3O2. The highest BCUT2D eigenvalue weighted by Crippen LogP contribution is 2.16. The Balaban J connectivity index is 1.92. The molecule has 2 rings (SSSR count). The number of carbonyl (C=O) groups excluding carboxylic acids is 2. The molecule has 5 nitrogen and oxygen atoms in total. The molecule has 6 heteroatoms. The minimum absolute atomic E-state index is 0.230. The molecule has 0 bridgehead atoms. The number of nitrogens with zero attached hydrogens (tertiary/aromatic N) is 1. The molecule has 1 heterocycles. The van der Waals surface area contributed by atoms with Gasteiger partial charge in [0.05, 0.1) is 6.04 Å². The van der Waals surface area contributed by atoms with Crippen LogP contribution in [0, 0.1) is 0 Å². The van der Waals surface area contributed by atoms with Gasteiger partial charge >= 0.3 is 11.8 Å². The van der Waals surface area contributed by atoms with E-state index >= 15 is 0 Å². The van der Waals surface area contributed by atoms with Gasteiger partial charge < -0.3 is 15.5 Å². The van der Waals surface area contributed by atoms with Gasteiger partial charge in [0.15, 0.2) is 0 Å². The van der Waals surface area contributed by atoms with Crippen molar-refractivity contribution >= 4 is 23.4 Å². The van der Waals surface area contributed by atoms with Crippen LogP contribution in [0.15, 0.2) is 24.3 Å². The Morgan fingerprint density at radius 3 is 2.45 bits per heavy atom. The van der Waals surface area contributed by atoms with Gasteiger partial charge in [0.25, 0.3) is 0 Å². The van der Waals surface area contributed by atoms with Crippen LogP contribution < -0.4 is 10.6 Å². The maximum Gasteiger partial charge on any atom is 0.311 e. The van der Waals surface area contributed by atoms with Gasteiger partial charge in [-0.3, -0.25) is 9.59 Å². The average molecular weight is 296 g/mol. The predicted octanol–water partition coefficient (Wildman–Crippen LogP) is 0.949. The van der Waals surface area contributed by atoms with Crippen molar-refractivity contribution in [1.29, 1.82) is 0 Å². The molecular weight excluding hydrogens is 278 g/mol. The molecule has 2 amide bonds. The summed E-state index contributed by atoms with van der Waals surface area (Å²) in [6, 6.07) is 6.96. The Kier molecular flexibility index (Phi) is 4.98. The highest BCUT2D eigenvalue weighted by Gasteiger charge is 2.24. The molecule has 108 valence electrons. The summed E-state index contributed by atoms with van der Waals surface area (Å²) in [4.78, 5) is 25.5. The van der Waals surface area contributed by atoms with Crippen LogP contribution in [0.25, 0.3) is 0 Å². The van der Waals surface area contributed by atoms with E-state index in [4.69, 9.17) is 11.6 Å². The maximum atomic E-state index is 12.0. The molecule has 0 radical (unpaired) electrons. The molecule has 1 fully saturated rings. The number of rotatable bonds is 2. The van der Waals surface area contributed by atoms with Crippen LogP contribution in [0.4, 0.5) is 0 Å². The molecule has 2 N–H and O–H groups in total. The lowest BCUT2D eigenvalue weighted by Crippen LogP contribution is -2.51. The third-order valence-electron chi connectivity index (χ3n) is 3.32. The minimum atomic E-state index is -0.561. The van der Waals surface area contributed by atoms with Gasteiger partial charge in [0, 0.05) is 31.2 Å². The van der Waals surface area contributed by atoms with Crippen molar-refractivity contribution in [2.75, 3.05) is 26.2 Å². The predicted molar refractivity (Wildman–Crippen MR) is 77.5 cm³/mol. The maximum absolute atomic E-state index is 12.0. The van der Waals surface area contributed by atoms with E-state index in [-0.39, 0.29) is 6.04 Å². The zero-order valence-electron chi connectivity index (χ0n) is 11.4. The third kappa shape index (κ3) is 3.71. The Labute approximate surface area is 123 Å². The van der Waals surface area contributed by atoms with Crippen molar-refractivity contribution in [3.63, 3.8) is 0 Å². The molecule has 1 atom stereocenters. The van der Waals surface area contributed by atoms with Gasteiger partial charge in [-0.25, -0.2) is 0 Å². The molecule has 0 spiro atoms. The first-order chi connectivity index (χ1) is 9.58. The minimum Gasteiger partial charge on any atom is -0.341 e. The summed E-state index contributed by atoms with van der Waals surface area (Å²) in [5.41, 5.74) is 0.913. The molecule has 1 saturated heterocycles. The topological polar surface area (TPSA) is 61.4 Å². The molecule has 20 heavy (non-hydrogen) atoms. The average Bonchev–Trinajstić information content (AvgIpc) is 2.48. The fourth-order valence-electron chi connectivity index (χ4n) is 2.10. The second-order valence-corrected chi connectivity index (χ2v) is 5.23. The van der Waals surface area contributed by atoms with E-state index in [0.717, 1.165) is 18.7 Å². The van der Waals surface area contributed by atoms with Gasteiger partial charge in [0.1, 0.15) is 0 Å². The van der Waals surface area contributed by atoms with E-state index in [9.17, 15) is 9.59 Å². The first-order valence-corrected chi connectivity index (χ1v) is 7.01. The van der Waals surface area contributed by atoms with Gasteiger partial charge in [-0.1, -0.05) is 23.7 Å². The summed E-state index contributed by atoms with van der Waals surface area (Å²) in [6.07, 6.45) is 0. The van der Waals surface area contributed by atoms with Crippen LogP contribution in [-0.2, 0) is 9.59 Å². The summed E-state index contributed by atoms with van der Waals surface area (Å²) in [5, 5.41) is 6.50. The van der Waals surface area contributed by atoms with Gasteiger partial charge in [-0.2, -0.15) is 0 Å². The molecule has 0 saturated carbocycles. The third-order valence-corrected chi connectivity index (χ3v) is 3.57. The van der Waals surface area contributed by atoms with Crippen molar-refractivity contribution in [3.8, 4) is 0 Å². The van der Waals surface area contributed by atoms with Gasteiger partial charge in [-0.15, -0.1) is 0 Å². The number of halogens is 1. The van der Waals surface area contributed by atoms with Crippen LogP contribution in [-0.4, -0.2) is 42.9 Å². The Hall–Kier alpha value is -1.59. The van der Waals surface area contributed by atoms with E-state index in [1.54, 1.807) is 17.0 Å². The van der Waals surface area contributed by atoms with E-state index in [0.29, 0.717) is 18.1 Å². The van der Waals surface area contributed by atoms with E-state index in [1.165, 1.54) is 0 Å². The normalized spacial score (nSPS) is 16.6. The standard InChI is InChI=1S/C14H18ClN3O2/c1-10(11-2-4-12(15)5-3-11)17-13(19)14(20)18-8-6-16-7-9-18/h2-5,10,16H,6-9H2,1H3,(H,17,19). The van der Waals surface area contributed by atoms with Crippen molar-refractivity contribution in [1.82, 2.24) is 15.5 Å². The Bertz CT molecular complexity index is 484. The molecule has 1 aliphatic rings. The number of nitrogens with one attached hydrogen (secondary N) is 2. The monoisotopic (exact) mass is 295 g/mol. The lowest BCUT2D eigenvalue weighted by Gasteiger charge is -2.27. The molecule has 0 aliphatic carbocycles. The van der Waals surface area contributed by atoms with Crippen molar-refractivity contribution < 1.29 is 9.59 Å². The molecule has 1 unspecified atom stereocenters. The van der Waals surface area contributed by atoms with Gasteiger partial charge in [-0.05, 0) is 24.6 Å². The van der Waals surface area contributed by atoms with Crippen molar-refractivity contribution in [3.05, 3.63) is 34.9 Å². The highest BCUT2D eigenvalue weighted by molar-refractivity contribution is 6.35. The van der Waals surface area contributed by atoms with Crippen LogP contribution in [0.5, 0.6) is 0 Å². The number of carbonyl (C=O) groups is 2. The fraction of sp³-hybridized carbons (Fsp3) is 0.429. The first-order valence-electron chi connectivity index (χ1n) is 6.64. The quantitative estimate of drug-likeness (QED) is 0.799. The zero-order chi connectivity index (χ0) is 14.5. The largest absolute Gasteiger partial charge is 0.341 e. The summed E-state index contributed by atoms with van der Waals surface area (Å²) in [5.74, 6) is -1.03. The molecule has 1 aromatic carbocycles. The Morgan fingerprint density at radius 1 is 1.25 bits per heavy atom. The second kappa shape index (κ2) is 6.72. The number of hydrogen-bond donors (Lipinski definition) is 2. The SMILES string of the molecule is CC(NC(=O)C(=O)N1CCNCC1)c1ccc(Cl)cc1. The number of amides is 2. The Morgan fingerprint density at radius 2 is 1.85 bits per heavy atom. The van der Waals surface area contributed by atoms with Crippen LogP contribution in [0.2, 0.25) is 5.02 Å². The highest BCUT2D eigenvalue weighted by atomic mass is 35.5. The van der Waals surface area contributed by atoms with Gasteiger partial charge in [0.2, 0.25) is 0 Å². The van der Waals surface area contributed by atoms with Crippen LogP contribution in [0.1, 0.15) is 18.5 Å². The summed E-state index contributed by atoms with van der Waals surface area (Å²) >= 11 is 5.82. The van der Waals surface area contributed by atoms with E-state index in [1.807, 2.05) is 19.1 Å².